The Morgan fingerprint density at radius 1 is 1.24 bits per heavy atom. The molecule has 0 radical (unpaired) electrons. The maximum absolute atomic E-state index is 11.7. The Kier molecular flexibility index (Phi) is 2.51. The lowest BCUT2D eigenvalue weighted by Crippen LogP contribution is -2.26. The zero-order valence-corrected chi connectivity index (χ0v) is 8.79. The fourth-order valence-electron chi connectivity index (χ4n) is 1.46. The van der Waals surface area contributed by atoms with E-state index < -0.39 is 5.69 Å². The van der Waals surface area contributed by atoms with Crippen molar-refractivity contribution in [2.75, 3.05) is 11.5 Å². The third-order valence-electron chi connectivity index (χ3n) is 2.29. The molecule has 0 saturated heterocycles. The van der Waals surface area contributed by atoms with Crippen molar-refractivity contribution in [3.63, 3.8) is 0 Å². The molecule has 0 amide bonds. The highest BCUT2D eigenvalue weighted by molar-refractivity contribution is 5.66. The molecule has 0 spiro atoms. The molecule has 6 nitrogen and oxygen atoms in total. The van der Waals surface area contributed by atoms with Crippen LogP contribution in [0.15, 0.2) is 35.1 Å². The first kappa shape index (κ1) is 10.7. The van der Waals surface area contributed by atoms with Gasteiger partial charge in [0.1, 0.15) is 17.6 Å². The van der Waals surface area contributed by atoms with Gasteiger partial charge in [-0.05, 0) is 12.1 Å². The van der Waals surface area contributed by atoms with E-state index in [1.165, 1.54) is 0 Å². The van der Waals surface area contributed by atoms with Gasteiger partial charge in [-0.1, -0.05) is 18.2 Å². The van der Waals surface area contributed by atoms with Crippen LogP contribution in [0.2, 0.25) is 0 Å². The molecule has 17 heavy (non-hydrogen) atoms. The van der Waals surface area contributed by atoms with E-state index in [0.29, 0.717) is 5.69 Å². The summed E-state index contributed by atoms with van der Waals surface area (Å²) in [6, 6.07) is 10.5. The van der Waals surface area contributed by atoms with Crippen LogP contribution in [0.1, 0.15) is 5.69 Å². The second-order valence-electron chi connectivity index (χ2n) is 3.32. The van der Waals surface area contributed by atoms with Crippen molar-refractivity contribution in [1.29, 1.82) is 5.26 Å². The number of nitriles is 1. The van der Waals surface area contributed by atoms with Gasteiger partial charge in [0, 0.05) is 0 Å². The minimum atomic E-state index is -0.626. The smallest absolute Gasteiger partial charge is 0.355 e. The Balaban J connectivity index is 2.78. The normalized spacial score (nSPS) is 9.82. The van der Waals surface area contributed by atoms with Gasteiger partial charge in [-0.3, -0.25) is 0 Å². The predicted octanol–water partition coefficient (Wildman–Crippen LogP) is 0.269. The van der Waals surface area contributed by atoms with Gasteiger partial charge in [-0.15, -0.1) is 0 Å². The Morgan fingerprint density at radius 2 is 1.88 bits per heavy atom. The summed E-state index contributed by atoms with van der Waals surface area (Å²) in [5.41, 5.74) is 11.2. The molecule has 0 bridgehead atoms. The highest BCUT2D eigenvalue weighted by Gasteiger charge is 2.12. The van der Waals surface area contributed by atoms with Gasteiger partial charge < -0.3 is 11.5 Å². The second kappa shape index (κ2) is 3.98. The lowest BCUT2D eigenvalue weighted by atomic mass is 10.3. The maximum Gasteiger partial charge on any atom is 0.355 e. The van der Waals surface area contributed by atoms with Crippen LogP contribution in [-0.4, -0.2) is 9.55 Å². The monoisotopic (exact) mass is 227 g/mol. The topological polar surface area (TPSA) is 111 Å². The standard InChI is InChI=1S/C11H9N5O/c12-6-8-9(13)10(14)16(11(17)15-8)7-4-2-1-3-5-7/h1-5H,13-14H2. The molecular weight excluding hydrogens is 218 g/mol. The maximum atomic E-state index is 11.7. The second-order valence-corrected chi connectivity index (χ2v) is 3.32. The molecule has 6 heteroatoms. The average Bonchev–Trinajstić information content (AvgIpc) is 2.35. The minimum Gasteiger partial charge on any atom is -0.393 e. The van der Waals surface area contributed by atoms with E-state index in [0.717, 1.165) is 4.57 Å². The van der Waals surface area contributed by atoms with Gasteiger partial charge >= 0.3 is 5.69 Å². The van der Waals surface area contributed by atoms with E-state index in [1.54, 1.807) is 30.3 Å². The zero-order valence-electron chi connectivity index (χ0n) is 8.79. The number of benzene rings is 1. The molecule has 1 aromatic heterocycles. The summed E-state index contributed by atoms with van der Waals surface area (Å²) >= 11 is 0. The SMILES string of the molecule is N#Cc1nc(=O)n(-c2ccccc2)c(N)c1N. The zero-order chi connectivity index (χ0) is 12.4. The van der Waals surface area contributed by atoms with Crippen molar-refractivity contribution >= 4 is 11.5 Å². The molecule has 0 fully saturated rings. The Hall–Kier alpha value is -2.81. The molecule has 0 unspecified atom stereocenters. The molecule has 1 heterocycles. The molecule has 2 aromatic rings. The van der Waals surface area contributed by atoms with Gasteiger partial charge in [-0.2, -0.15) is 10.2 Å². The highest BCUT2D eigenvalue weighted by Crippen LogP contribution is 2.18. The fourth-order valence-corrected chi connectivity index (χ4v) is 1.46. The van der Waals surface area contributed by atoms with Gasteiger partial charge in [0.05, 0.1) is 5.69 Å². The highest BCUT2D eigenvalue weighted by atomic mass is 16.1. The molecule has 0 saturated carbocycles. The number of para-hydroxylation sites is 1. The molecule has 2 rings (SSSR count). The van der Waals surface area contributed by atoms with Gasteiger partial charge in [0.15, 0.2) is 5.69 Å². The van der Waals surface area contributed by atoms with Gasteiger partial charge in [0.2, 0.25) is 0 Å². The molecule has 1 aromatic carbocycles. The van der Waals surface area contributed by atoms with Crippen molar-refractivity contribution in [3.8, 4) is 11.8 Å². The van der Waals surface area contributed by atoms with E-state index in [2.05, 4.69) is 4.98 Å². The molecule has 0 aliphatic carbocycles. The van der Waals surface area contributed by atoms with Crippen LogP contribution in [0.4, 0.5) is 11.5 Å². The minimum absolute atomic E-state index is 0.0101. The first-order valence-electron chi connectivity index (χ1n) is 4.78. The van der Waals surface area contributed by atoms with Crippen LogP contribution in [0.25, 0.3) is 5.69 Å². The number of hydrogen-bond donors (Lipinski definition) is 2. The van der Waals surface area contributed by atoms with E-state index in [9.17, 15) is 4.79 Å². The van der Waals surface area contributed by atoms with E-state index >= 15 is 0 Å². The summed E-state index contributed by atoms with van der Waals surface area (Å²) < 4.78 is 1.16. The summed E-state index contributed by atoms with van der Waals surface area (Å²) in [6.07, 6.45) is 0. The van der Waals surface area contributed by atoms with Gasteiger partial charge in [0.25, 0.3) is 0 Å². The van der Waals surface area contributed by atoms with Crippen LogP contribution in [-0.2, 0) is 0 Å². The number of nitrogens with zero attached hydrogens (tertiary/aromatic N) is 3. The van der Waals surface area contributed by atoms with Crippen molar-refractivity contribution in [2.45, 2.75) is 0 Å². The molecular formula is C11H9N5O. The number of nitrogens with two attached hydrogens (primary N) is 2. The number of hydrogen-bond acceptors (Lipinski definition) is 5. The number of anilines is 2. The van der Waals surface area contributed by atoms with Crippen LogP contribution >= 0.6 is 0 Å². The quantitative estimate of drug-likeness (QED) is 0.726. The summed E-state index contributed by atoms with van der Waals surface area (Å²) in [5.74, 6) is 0.0211. The van der Waals surface area contributed by atoms with Crippen LogP contribution in [0.3, 0.4) is 0 Å². The Bertz CT molecular complexity index is 654. The number of nitrogen functional groups attached to an aromatic ring is 2. The van der Waals surface area contributed by atoms with Crippen LogP contribution in [0.5, 0.6) is 0 Å². The first-order valence-corrected chi connectivity index (χ1v) is 4.78. The third kappa shape index (κ3) is 1.70. The van der Waals surface area contributed by atoms with Crippen molar-refractivity contribution in [1.82, 2.24) is 9.55 Å². The predicted molar refractivity (Wildman–Crippen MR) is 63.4 cm³/mol. The largest absolute Gasteiger partial charge is 0.393 e. The summed E-state index contributed by atoms with van der Waals surface area (Å²) in [4.78, 5) is 15.3. The fraction of sp³-hybridized carbons (Fsp3) is 0. The Morgan fingerprint density at radius 3 is 2.47 bits per heavy atom. The van der Waals surface area contributed by atoms with Crippen LogP contribution in [0, 0.1) is 11.3 Å². The van der Waals surface area contributed by atoms with Gasteiger partial charge in [-0.25, -0.2) is 9.36 Å². The molecule has 84 valence electrons. The summed E-state index contributed by atoms with van der Waals surface area (Å²) in [6.45, 7) is 0. The third-order valence-corrected chi connectivity index (χ3v) is 2.29. The van der Waals surface area contributed by atoms with E-state index in [4.69, 9.17) is 16.7 Å². The molecule has 0 aliphatic rings. The number of rotatable bonds is 1. The van der Waals surface area contributed by atoms with Crippen LogP contribution < -0.4 is 17.2 Å². The lowest BCUT2D eigenvalue weighted by molar-refractivity contribution is 0.922. The van der Waals surface area contributed by atoms with E-state index in [-0.39, 0.29) is 17.2 Å². The molecule has 4 N–H and O–H groups in total. The summed E-state index contributed by atoms with van der Waals surface area (Å²) in [7, 11) is 0. The average molecular weight is 227 g/mol. The summed E-state index contributed by atoms with van der Waals surface area (Å²) in [5, 5.41) is 8.73. The van der Waals surface area contributed by atoms with Crippen molar-refractivity contribution < 1.29 is 0 Å². The molecule has 0 atom stereocenters. The first-order chi connectivity index (χ1) is 8.15. The molecule has 0 aliphatic heterocycles. The van der Waals surface area contributed by atoms with Crippen molar-refractivity contribution in [3.05, 3.63) is 46.5 Å². The number of aromatic nitrogens is 2. The lowest BCUT2D eigenvalue weighted by Gasteiger charge is -2.10. The Labute approximate surface area is 96.7 Å². The van der Waals surface area contributed by atoms with Crippen molar-refractivity contribution in [2.24, 2.45) is 0 Å². The van der Waals surface area contributed by atoms with E-state index in [1.807, 2.05) is 6.07 Å².